The Balaban J connectivity index is 0.993. The molecule has 0 spiro atoms. The van der Waals surface area contributed by atoms with Gasteiger partial charge in [-0.05, 0) is 91.7 Å². The van der Waals surface area contributed by atoms with Crippen molar-refractivity contribution in [2.45, 2.75) is 12.8 Å². The van der Waals surface area contributed by atoms with E-state index < -0.39 is 0 Å². The average molecular weight is 813 g/mol. The molecular formula is C60H36N4. The third kappa shape index (κ3) is 4.80. The molecule has 296 valence electrons. The topological polar surface area (TPSA) is 19.7 Å². The number of para-hydroxylation sites is 6. The van der Waals surface area contributed by atoms with Gasteiger partial charge in [0.05, 0.1) is 60.9 Å². The van der Waals surface area contributed by atoms with E-state index in [2.05, 4.69) is 225 Å². The smallest absolute Gasteiger partial charge is 0.0641 e. The first-order valence-corrected chi connectivity index (χ1v) is 22.0. The van der Waals surface area contributed by atoms with Crippen LogP contribution >= 0.6 is 0 Å². The highest BCUT2D eigenvalue weighted by Gasteiger charge is 2.27. The fourth-order valence-corrected chi connectivity index (χ4v) is 11.0. The van der Waals surface area contributed by atoms with Crippen LogP contribution in [0.5, 0.6) is 0 Å². The summed E-state index contributed by atoms with van der Waals surface area (Å²) in [5.41, 5.74) is 17.6. The van der Waals surface area contributed by atoms with Gasteiger partial charge in [-0.2, -0.15) is 0 Å². The van der Waals surface area contributed by atoms with Gasteiger partial charge >= 0.3 is 0 Å². The van der Waals surface area contributed by atoms with Crippen molar-refractivity contribution in [1.82, 2.24) is 18.3 Å². The molecular weight excluding hydrogens is 777 g/mol. The molecule has 4 heterocycles. The van der Waals surface area contributed by atoms with Gasteiger partial charge in [0.2, 0.25) is 0 Å². The first-order valence-electron chi connectivity index (χ1n) is 22.0. The summed E-state index contributed by atoms with van der Waals surface area (Å²) in [6.45, 7) is 0. The highest BCUT2D eigenvalue weighted by atomic mass is 15.0. The molecule has 4 heteroatoms. The summed E-state index contributed by atoms with van der Waals surface area (Å²) in [5.74, 6) is 0. The lowest BCUT2D eigenvalue weighted by Gasteiger charge is -2.21. The molecule has 9 aromatic carbocycles. The van der Waals surface area contributed by atoms with E-state index in [0.29, 0.717) is 0 Å². The van der Waals surface area contributed by atoms with Gasteiger partial charge in [-0.15, -0.1) is 0 Å². The van der Waals surface area contributed by atoms with Crippen LogP contribution in [0, 0.1) is 24.3 Å². The second-order valence-electron chi connectivity index (χ2n) is 16.8. The van der Waals surface area contributed by atoms with E-state index >= 15 is 0 Å². The Morgan fingerprint density at radius 3 is 1.86 bits per heavy atom. The molecule has 13 aromatic rings. The molecule has 1 aliphatic carbocycles. The van der Waals surface area contributed by atoms with E-state index in [1.807, 2.05) is 12.1 Å². The molecule has 1 aliphatic rings. The van der Waals surface area contributed by atoms with Crippen molar-refractivity contribution in [2.75, 3.05) is 0 Å². The summed E-state index contributed by atoms with van der Waals surface area (Å²) in [6.07, 6.45) is 4.23. The van der Waals surface area contributed by atoms with Crippen molar-refractivity contribution in [2.24, 2.45) is 0 Å². The highest BCUT2D eigenvalue weighted by Crippen LogP contribution is 2.46. The van der Waals surface area contributed by atoms with Crippen molar-refractivity contribution < 1.29 is 0 Å². The Morgan fingerprint density at radius 1 is 0.391 bits per heavy atom. The third-order valence-corrected chi connectivity index (χ3v) is 13.6. The van der Waals surface area contributed by atoms with Gasteiger partial charge in [-0.3, -0.25) is 0 Å². The van der Waals surface area contributed by atoms with Gasteiger partial charge < -0.3 is 18.3 Å². The predicted octanol–water partition coefficient (Wildman–Crippen LogP) is 14.7. The van der Waals surface area contributed by atoms with Crippen molar-refractivity contribution >= 4 is 88.1 Å². The molecule has 4 nitrogen and oxygen atoms in total. The zero-order valence-electron chi connectivity index (χ0n) is 34.7. The third-order valence-electron chi connectivity index (χ3n) is 13.6. The molecule has 0 atom stereocenters. The monoisotopic (exact) mass is 812 g/mol. The fraction of sp³-hybridized carbons (Fsp3) is 0.0333. The number of allylic oxidation sites excluding steroid dienone is 1. The zero-order valence-corrected chi connectivity index (χ0v) is 34.7. The lowest BCUT2D eigenvalue weighted by atomic mass is 9.98. The van der Waals surface area contributed by atoms with E-state index in [4.69, 9.17) is 0 Å². The molecule has 0 bridgehead atoms. The highest BCUT2D eigenvalue weighted by molar-refractivity contribution is 6.26. The van der Waals surface area contributed by atoms with E-state index in [0.717, 1.165) is 62.8 Å². The normalized spacial score (nSPS) is 12.7. The first-order chi connectivity index (χ1) is 31.8. The van der Waals surface area contributed by atoms with E-state index in [1.54, 1.807) is 0 Å². The minimum Gasteiger partial charge on any atom is -0.313 e. The van der Waals surface area contributed by atoms with E-state index in [-0.39, 0.29) is 0 Å². The van der Waals surface area contributed by atoms with Gasteiger partial charge in [-0.25, -0.2) is 0 Å². The summed E-state index contributed by atoms with van der Waals surface area (Å²) in [5, 5.41) is 8.53. The van der Waals surface area contributed by atoms with Crippen molar-refractivity contribution in [3.8, 4) is 28.2 Å². The van der Waals surface area contributed by atoms with Gasteiger partial charge in [0.25, 0.3) is 0 Å². The van der Waals surface area contributed by atoms with Gasteiger partial charge in [-0.1, -0.05) is 140 Å². The molecule has 0 unspecified atom stereocenters. The Bertz CT molecular complexity index is 4020. The van der Waals surface area contributed by atoms with Crippen molar-refractivity contribution in [1.29, 1.82) is 0 Å². The maximum atomic E-state index is 3.60. The Kier molecular flexibility index (Phi) is 7.32. The molecule has 0 saturated carbocycles. The largest absolute Gasteiger partial charge is 0.313 e. The van der Waals surface area contributed by atoms with Crippen LogP contribution in [-0.4, -0.2) is 18.3 Å². The quantitative estimate of drug-likeness (QED) is 0.165. The van der Waals surface area contributed by atoms with Crippen molar-refractivity contribution in [3.05, 3.63) is 224 Å². The number of benzene rings is 7. The average Bonchev–Trinajstić information content (AvgIpc) is 4.09. The number of fused-ring (bicyclic) bond motifs is 13. The molecule has 0 saturated heterocycles. The number of aromatic nitrogens is 4. The maximum Gasteiger partial charge on any atom is 0.0641 e. The minimum atomic E-state index is 0.876. The van der Waals surface area contributed by atoms with Crippen LogP contribution in [0.3, 0.4) is 0 Å². The Morgan fingerprint density at radius 2 is 1.03 bits per heavy atom. The fourth-order valence-electron chi connectivity index (χ4n) is 11.0. The molecule has 0 amide bonds. The lowest BCUT2D eigenvalue weighted by molar-refractivity contribution is 0.874. The van der Waals surface area contributed by atoms with Crippen LogP contribution in [0.15, 0.2) is 188 Å². The van der Waals surface area contributed by atoms with Crippen LogP contribution in [-0.2, 0) is 6.42 Å². The molecule has 0 aliphatic heterocycles. The van der Waals surface area contributed by atoms with Gasteiger partial charge in [0.15, 0.2) is 0 Å². The molecule has 0 N–H and O–H groups in total. The SMILES string of the molecule is c1ccc(-n2c3ccc#cc3c3ccccc32)c(-c2ccccc2-n2c3c(c4ccccc42)C=C(n2c4ccccc4c4c2ccc2c5ccccc5n(-c5ccccc5)c24)CC3)c#1. The summed E-state index contributed by atoms with van der Waals surface area (Å²) >= 11 is 0. The Labute approximate surface area is 369 Å². The van der Waals surface area contributed by atoms with Crippen LogP contribution in [0.4, 0.5) is 0 Å². The first kappa shape index (κ1) is 35.0. The van der Waals surface area contributed by atoms with Crippen molar-refractivity contribution in [3.63, 3.8) is 0 Å². The summed E-state index contributed by atoms with van der Waals surface area (Å²) in [4.78, 5) is 0. The molecule has 0 fully saturated rings. The molecule has 14 rings (SSSR count). The summed E-state index contributed by atoms with van der Waals surface area (Å²) in [6, 6.07) is 81.4. The molecule has 4 aromatic heterocycles. The standard InChI is InChI=1S/C60H36N4/c1-2-18-39(19-3-1)62-50-27-11-8-24-45(50)47-35-37-58-59(60(47)62)48-26-10-17-33-56(48)61(58)40-34-36-57-49(38-40)46-25-9-16-32-55(46)64(57)54-31-15-7-23-44(54)43-22-6-14-30-53(43)63-51-28-12-4-20-41(51)42-21-5-13-29-52(42)63/h1-4,7-20,23-33,35,37-38H,34,36H2. The second kappa shape index (κ2) is 13.4. The van der Waals surface area contributed by atoms with Crippen LogP contribution in [0.25, 0.3) is 116 Å². The van der Waals surface area contributed by atoms with E-state index in [1.165, 1.54) is 71.5 Å². The van der Waals surface area contributed by atoms with Crippen LogP contribution in [0.1, 0.15) is 17.7 Å². The van der Waals surface area contributed by atoms with Gasteiger partial charge in [0.1, 0.15) is 0 Å². The molecule has 64 heavy (non-hydrogen) atoms. The predicted molar refractivity (Wildman–Crippen MR) is 265 cm³/mol. The van der Waals surface area contributed by atoms with E-state index in [9.17, 15) is 0 Å². The second-order valence-corrected chi connectivity index (χ2v) is 16.8. The number of hydrogen-bond acceptors (Lipinski definition) is 0. The maximum absolute atomic E-state index is 3.60. The summed E-state index contributed by atoms with van der Waals surface area (Å²) < 4.78 is 9.87. The lowest BCUT2D eigenvalue weighted by Crippen LogP contribution is -2.09. The number of rotatable bonds is 5. The Hall–Kier alpha value is -8.70. The molecule has 0 radical (unpaired) electrons. The summed E-state index contributed by atoms with van der Waals surface area (Å²) in [7, 11) is 0. The number of nitrogens with zero attached hydrogens (tertiary/aromatic N) is 4. The van der Waals surface area contributed by atoms with Crippen LogP contribution in [0.2, 0.25) is 0 Å². The number of hydrogen-bond donors (Lipinski definition) is 0. The van der Waals surface area contributed by atoms with Gasteiger partial charge in [0, 0.05) is 60.5 Å². The van der Waals surface area contributed by atoms with Crippen LogP contribution < -0.4 is 0 Å². The minimum absolute atomic E-state index is 0.876. The zero-order chi connectivity index (χ0) is 41.9.